The van der Waals surface area contributed by atoms with Crippen LogP contribution >= 0.6 is 0 Å². The minimum Gasteiger partial charge on any atom is -0.465 e. The summed E-state index contributed by atoms with van der Waals surface area (Å²) in [5, 5.41) is 0. The molecule has 0 aromatic heterocycles. The number of carbonyl (C=O) groups is 1. The highest BCUT2D eigenvalue weighted by Gasteiger charge is 2.13. The summed E-state index contributed by atoms with van der Waals surface area (Å²) in [4.78, 5) is 11.4. The Morgan fingerprint density at radius 1 is 0.950 bits per heavy atom. The standard InChI is InChI=1S/C16H14F2O2/c1-9-6-11(16(19)20-3)4-5-12(9)13-7-10(2)14(17)8-15(13)18/h4-8H,1-3H3. The third-order valence-corrected chi connectivity index (χ3v) is 3.19. The van der Waals surface area contributed by atoms with E-state index in [1.165, 1.54) is 13.2 Å². The Balaban J connectivity index is 2.54. The fourth-order valence-electron chi connectivity index (χ4n) is 2.07. The van der Waals surface area contributed by atoms with Crippen LogP contribution in [0.5, 0.6) is 0 Å². The molecule has 0 amide bonds. The molecule has 0 saturated carbocycles. The predicted molar refractivity (Wildman–Crippen MR) is 72.6 cm³/mol. The third-order valence-electron chi connectivity index (χ3n) is 3.19. The first kappa shape index (κ1) is 14.2. The van der Waals surface area contributed by atoms with E-state index in [1.807, 2.05) is 0 Å². The molecule has 20 heavy (non-hydrogen) atoms. The van der Waals surface area contributed by atoms with Crippen LogP contribution in [0.25, 0.3) is 11.1 Å². The zero-order chi connectivity index (χ0) is 14.9. The summed E-state index contributed by atoms with van der Waals surface area (Å²) >= 11 is 0. The molecule has 0 saturated heterocycles. The molecule has 2 nitrogen and oxygen atoms in total. The number of hydrogen-bond donors (Lipinski definition) is 0. The molecule has 2 aromatic carbocycles. The van der Waals surface area contributed by atoms with Crippen molar-refractivity contribution in [1.29, 1.82) is 0 Å². The Labute approximate surface area is 116 Å². The Morgan fingerprint density at radius 2 is 1.65 bits per heavy atom. The first-order valence-electron chi connectivity index (χ1n) is 6.09. The molecule has 0 atom stereocenters. The van der Waals surface area contributed by atoms with Gasteiger partial charge in [-0.3, -0.25) is 0 Å². The molecule has 0 radical (unpaired) electrons. The van der Waals surface area contributed by atoms with E-state index in [-0.39, 0.29) is 0 Å². The smallest absolute Gasteiger partial charge is 0.337 e. The van der Waals surface area contributed by atoms with Crippen molar-refractivity contribution in [3.8, 4) is 11.1 Å². The van der Waals surface area contributed by atoms with Crippen LogP contribution in [0.3, 0.4) is 0 Å². The number of carbonyl (C=O) groups excluding carboxylic acids is 1. The molecule has 0 bridgehead atoms. The maximum Gasteiger partial charge on any atom is 0.337 e. The largest absolute Gasteiger partial charge is 0.465 e. The minimum atomic E-state index is -0.623. The third kappa shape index (κ3) is 2.54. The molecule has 0 spiro atoms. The number of esters is 1. The predicted octanol–water partition coefficient (Wildman–Crippen LogP) is 4.04. The van der Waals surface area contributed by atoms with Gasteiger partial charge in [0.15, 0.2) is 0 Å². The van der Waals surface area contributed by atoms with E-state index < -0.39 is 17.6 Å². The summed E-state index contributed by atoms with van der Waals surface area (Å²) in [6.07, 6.45) is 0. The van der Waals surface area contributed by atoms with Gasteiger partial charge in [0.25, 0.3) is 0 Å². The lowest BCUT2D eigenvalue weighted by molar-refractivity contribution is 0.0600. The molecule has 0 heterocycles. The van der Waals surface area contributed by atoms with E-state index in [1.54, 1.807) is 32.0 Å². The molecule has 0 aliphatic rings. The number of halogens is 2. The maximum atomic E-state index is 13.9. The van der Waals surface area contributed by atoms with E-state index in [0.717, 1.165) is 11.6 Å². The summed E-state index contributed by atoms with van der Waals surface area (Å²) in [5.74, 6) is -1.65. The second-order valence-electron chi connectivity index (χ2n) is 4.60. The van der Waals surface area contributed by atoms with Crippen molar-refractivity contribution in [3.63, 3.8) is 0 Å². The second-order valence-corrected chi connectivity index (χ2v) is 4.60. The molecule has 0 fully saturated rings. The SMILES string of the molecule is COC(=O)c1ccc(-c2cc(C)c(F)cc2F)c(C)c1. The average Bonchev–Trinajstić information content (AvgIpc) is 2.42. The molecular formula is C16H14F2O2. The van der Waals surface area contributed by atoms with Gasteiger partial charge in [0, 0.05) is 11.6 Å². The Hall–Kier alpha value is -2.23. The van der Waals surface area contributed by atoms with Crippen LogP contribution in [0, 0.1) is 25.5 Å². The van der Waals surface area contributed by atoms with Crippen molar-refractivity contribution in [1.82, 2.24) is 0 Å². The Kier molecular flexibility index (Phi) is 3.84. The summed E-state index contributed by atoms with van der Waals surface area (Å²) in [6.45, 7) is 3.34. The van der Waals surface area contributed by atoms with Gasteiger partial charge in [-0.1, -0.05) is 6.07 Å². The van der Waals surface area contributed by atoms with Crippen molar-refractivity contribution in [2.45, 2.75) is 13.8 Å². The monoisotopic (exact) mass is 276 g/mol. The summed E-state index contributed by atoms with van der Waals surface area (Å²) in [7, 11) is 1.30. The van der Waals surface area contributed by atoms with Gasteiger partial charge in [0.05, 0.1) is 12.7 Å². The molecule has 104 valence electrons. The van der Waals surface area contributed by atoms with Crippen molar-refractivity contribution in [2.24, 2.45) is 0 Å². The molecule has 4 heteroatoms. The highest BCUT2D eigenvalue weighted by atomic mass is 19.1. The lowest BCUT2D eigenvalue weighted by Crippen LogP contribution is -2.02. The Bertz CT molecular complexity index is 678. The molecule has 0 aliphatic carbocycles. The van der Waals surface area contributed by atoms with Gasteiger partial charge < -0.3 is 4.74 Å². The first-order valence-corrected chi connectivity index (χ1v) is 6.09. The van der Waals surface area contributed by atoms with Gasteiger partial charge in [-0.05, 0) is 48.7 Å². The van der Waals surface area contributed by atoms with Crippen LogP contribution in [0.2, 0.25) is 0 Å². The fraction of sp³-hybridized carbons (Fsp3) is 0.188. The van der Waals surface area contributed by atoms with Crippen LogP contribution in [0.1, 0.15) is 21.5 Å². The van der Waals surface area contributed by atoms with Gasteiger partial charge in [0.1, 0.15) is 11.6 Å². The highest BCUT2D eigenvalue weighted by molar-refractivity contribution is 5.90. The summed E-state index contributed by atoms with van der Waals surface area (Å²) < 4.78 is 31.8. The number of aryl methyl sites for hydroxylation is 2. The lowest BCUT2D eigenvalue weighted by Gasteiger charge is -2.10. The van der Waals surface area contributed by atoms with Crippen LogP contribution in [0.15, 0.2) is 30.3 Å². The van der Waals surface area contributed by atoms with Crippen molar-refractivity contribution < 1.29 is 18.3 Å². The van der Waals surface area contributed by atoms with Crippen molar-refractivity contribution in [2.75, 3.05) is 7.11 Å². The summed E-state index contributed by atoms with van der Waals surface area (Å²) in [5.41, 5.74) is 2.43. The quantitative estimate of drug-likeness (QED) is 0.774. The first-order chi connectivity index (χ1) is 9.43. The Morgan fingerprint density at radius 3 is 2.25 bits per heavy atom. The lowest BCUT2D eigenvalue weighted by atomic mass is 9.96. The number of methoxy groups -OCH3 is 1. The molecule has 0 unspecified atom stereocenters. The molecule has 0 N–H and O–H groups in total. The number of benzene rings is 2. The van der Waals surface area contributed by atoms with Gasteiger partial charge in [-0.15, -0.1) is 0 Å². The maximum absolute atomic E-state index is 13.9. The average molecular weight is 276 g/mol. The van der Waals surface area contributed by atoms with Crippen LogP contribution < -0.4 is 0 Å². The number of hydrogen-bond acceptors (Lipinski definition) is 2. The minimum absolute atomic E-state index is 0.317. The molecule has 2 rings (SSSR count). The van der Waals surface area contributed by atoms with Crippen molar-refractivity contribution in [3.05, 3.63) is 58.7 Å². The van der Waals surface area contributed by atoms with E-state index in [9.17, 15) is 13.6 Å². The topological polar surface area (TPSA) is 26.3 Å². The van der Waals surface area contributed by atoms with Crippen LogP contribution in [-0.2, 0) is 4.74 Å². The summed E-state index contributed by atoms with van der Waals surface area (Å²) in [6, 6.07) is 7.16. The van der Waals surface area contributed by atoms with Gasteiger partial charge in [0.2, 0.25) is 0 Å². The van der Waals surface area contributed by atoms with Crippen molar-refractivity contribution >= 4 is 5.97 Å². The van der Waals surface area contributed by atoms with E-state index >= 15 is 0 Å². The molecule has 0 aliphatic heterocycles. The normalized spacial score (nSPS) is 10.4. The number of ether oxygens (including phenoxy) is 1. The van der Waals surface area contributed by atoms with E-state index in [4.69, 9.17) is 0 Å². The van der Waals surface area contributed by atoms with Gasteiger partial charge >= 0.3 is 5.97 Å². The van der Waals surface area contributed by atoms with Gasteiger partial charge in [-0.25, -0.2) is 13.6 Å². The fourth-order valence-corrected chi connectivity index (χ4v) is 2.07. The number of rotatable bonds is 2. The van der Waals surface area contributed by atoms with Crippen LogP contribution in [0.4, 0.5) is 8.78 Å². The van der Waals surface area contributed by atoms with Crippen LogP contribution in [-0.4, -0.2) is 13.1 Å². The molecular weight excluding hydrogens is 262 g/mol. The van der Waals surface area contributed by atoms with E-state index in [2.05, 4.69) is 4.74 Å². The van der Waals surface area contributed by atoms with E-state index in [0.29, 0.717) is 22.3 Å². The second kappa shape index (κ2) is 5.41. The molecule has 2 aromatic rings. The zero-order valence-corrected chi connectivity index (χ0v) is 11.5. The van der Waals surface area contributed by atoms with Gasteiger partial charge in [-0.2, -0.15) is 0 Å². The highest BCUT2D eigenvalue weighted by Crippen LogP contribution is 2.29. The zero-order valence-electron chi connectivity index (χ0n) is 11.5.